The minimum absolute atomic E-state index is 0.0291. The highest BCUT2D eigenvalue weighted by atomic mass is 16.6. The van der Waals surface area contributed by atoms with Crippen LogP contribution in [-0.2, 0) is 0 Å². The molecule has 3 heterocycles. The van der Waals surface area contributed by atoms with Gasteiger partial charge in [-0.1, -0.05) is 6.07 Å². The van der Waals surface area contributed by atoms with Gasteiger partial charge in [0.1, 0.15) is 5.52 Å². The second-order valence-corrected chi connectivity index (χ2v) is 5.27. The quantitative estimate of drug-likeness (QED) is 0.497. The Hall–Kier alpha value is -2.77. The molecule has 1 N–H and O–H groups in total. The third kappa shape index (κ3) is 2.80. The van der Waals surface area contributed by atoms with Crippen LogP contribution in [-0.4, -0.2) is 51.1 Å². The smallest absolute Gasteiger partial charge is 0.338 e. The Morgan fingerprint density at radius 1 is 1.41 bits per heavy atom. The zero-order chi connectivity index (χ0) is 15.5. The maximum atomic E-state index is 11.3. The van der Waals surface area contributed by atoms with Crippen molar-refractivity contribution in [3.63, 3.8) is 0 Å². The summed E-state index contributed by atoms with van der Waals surface area (Å²) in [7, 11) is 2.02. The molecule has 0 saturated heterocycles. The highest BCUT2D eigenvalue weighted by Crippen LogP contribution is 2.28. The second kappa shape index (κ2) is 5.92. The van der Waals surface area contributed by atoms with E-state index in [4.69, 9.17) is 0 Å². The van der Waals surface area contributed by atoms with Gasteiger partial charge in [0.25, 0.3) is 0 Å². The van der Waals surface area contributed by atoms with Gasteiger partial charge in [0.15, 0.2) is 0 Å². The molecule has 22 heavy (non-hydrogen) atoms. The maximum absolute atomic E-state index is 11.3. The average Bonchev–Trinajstić information content (AvgIpc) is 3.06. The van der Waals surface area contributed by atoms with Crippen LogP contribution in [0.3, 0.4) is 0 Å². The van der Waals surface area contributed by atoms with E-state index in [0.29, 0.717) is 17.9 Å². The summed E-state index contributed by atoms with van der Waals surface area (Å²) in [5, 5.41) is 18.6. The molecule has 0 saturated carbocycles. The number of nitrogens with zero attached hydrogens (tertiary/aromatic N) is 5. The van der Waals surface area contributed by atoms with Crippen molar-refractivity contribution in [3.05, 3.63) is 46.9 Å². The highest BCUT2D eigenvalue weighted by Gasteiger charge is 2.22. The summed E-state index contributed by atoms with van der Waals surface area (Å²) in [6.07, 6.45) is 6.66. The SMILES string of the molecule is CN1C=CN(CCCNc2nn3ccccc3c2[N+](=O)[O-])C1. The molecular weight excluding hydrogens is 284 g/mol. The summed E-state index contributed by atoms with van der Waals surface area (Å²) in [5.41, 5.74) is 0.528. The van der Waals surface area contributed by atoms with E-state index in [1.807, 2.05) is 19.4 Å². The van der Waals surface area contributed by atoms with Gasteiger partial charge in [-0.3, -0.25) is 10.1 Å². The molecule has 0 unspecified atom stereocenters. The lowest BCUT2D eigenvalue weighted by Crippen LogP contribution is -2.24. The number of rotatable bonds is 6. The van der Waals surface area contributed by atoms with Gasteiger partial charge in [0.05, 0.1) is 11.6 Å². The molecule has 1 aliphatic heterocycles. The van der Waals surface area contributed by atoms with Crippen LogP contribution in [0.15, 0.2) is 36.8 Å². The van der Waals surface area contributed by atoms with Crippen LogP contribution in [0.25, 0.3) is 5.52 Å². The van der Waals surface area contributed by atoms with Gasteiger partial charge in [0.2, 0.25) is 5.82 Å². The minimum Gasteiger partial charge on any atom is -0.363 e. The number of fused-ring (bicyclic) bond motifs is 1. The number of nitro groups is 1. The average molecular weight is 302 g/mol. The molecule has 0 aliphatic carbocycles. The van der Waals surface area contributed by atoms with E-state index in [0.717, 1.165) is 19.6 Å². The maximum Gasteiger partial charge on any atom is 0.338 e. The molecule has 8 heteroatoms. The fourth-order valence-corrected chi connectivity index (χ4v) is 2.51. The first-order chi connectivity index (χ1) is 10.6. The third-order valence-electron chi connectivity index (χ3n) is 3.55. The van der Waals surface area contributed by atoms with Crippen LogP contribution in [0.2, 0.25) is 0 Å². The molecule has 116 valence electrons. The fraction of sp³-hybridized carbons (Fsp3) is 0.357. The largest absolute Gasteiger partial charge is 0.363 e. The monoisotopic (exact) mass is 302 g/mol. The van der Waals surface area contributed by atoms with Crippen LogP contribution < -0.4 is 5.32 Å². The van der Waals surface area contributed by atoms with Gasteiger partial charge in [-0.15, -0.1) is 5.10 Å². The lowest BCUT2D eigenvalue weighted by atomic mass is 10.3. The van der Waals surface area contributed by atoms with Gasteiger partial charge in [-0.2, -0.15) is 0 Å². The second-order valence-electron chi connectivity index (χ2n) is 5.27. The topological polar surface area (TPSA) is 79.0 Å². The molecule has 0 atom stereocenters. The molecule has 0 bridgehead atoms. The fourth-order valence-electron chi connectivity index (χ4n) is 2.51. The Bertz CT molecular complexity index is 710. The molecule has 0 amide bonds. The van der Waals surface area contributed by atoms with Crippen molar-refractivity contribution in [2.45, 2.75) is 6.42 Å². The van der Waals surface area contributed by atoms with Gasteiger partial charge >= 0.3 is 5.69 Å². The van der Waals surface area contributed by atoms with Crippen LogP contribution >= 0.6 is 0 Å². The summed E-state index contributed by atoms with van der Waals surface area (Å²) in [4.78, 5) is 15.2. The number of pyridine rings is 1. The Balaban J connectivity index is 1.62. The van der Waals surface area contributed by atoms with Gasteiger partial charge in [-0.05, 0) is 18.6 Å². The number of anilines is 1. The number of hydrogen-bond donors (Lipinski definition) is 1. The first-order valence-corrected chi connectivity index (χ1v) is 7.13. The van der Waals surface area contributed by atoms with E-state index in [9.17, 15) is 10.1 Å². The zero-order valence-electron chi connectivity index (χ0n) is 12.3. The molecule has 8 nitrogen and oxygen atoms in total. The normalized spacial score (nSPS) is 14.0. The summed E-state index contributed by atoms with van der Waals surface area (Å²) >= 11 is 0. The van der Waals surface area contributed by atoms with E-state index < -0.39 is 0 Å². The van der Waals surface area contributed by atoms with E-state index in [-0.39, 0.29) is 10.6 Å². The van der Waals surface area contributed by atoms with Crippen LogP contribution in [0.4, 0.5) is 11.5 Å². The molecular formula is C14H18N6O2. The van der Waals surface area contributed by atoms with Gasteiger partial charge in [-0.25, -0.2) is 4.52 Å². The summed E-state index contributed by atoms with van der Waals surface area (Å²) in [6, 6.07) is 5.26. The summed E-state index contributed by atoms with van der Waals surface area (Å²) in [5.74, 6) is 0.324. The summed E-state index contributed by atoms with van der Waals surface area (Å²) < 4.78 is 1.53. The predicted octanol–water partition coefficient (Wildman–Crippen LogP) is 1.72. The Morgan fingerprint density at radius 2 is 2.27 bits per heavy atom. The molecule has 3 rings (SSSR count). The van der Waals surface area contributed by atoms with Gasteiger partial charge in [0, 0.05) is 38.7 Å². The van der Waals surface area contributed by atoms with Crippen molar-refractivity contribution in [1.29, 1.82) is 0 Å². The van der Waals surface area contributed by atoms with Crippen molar-refractivity contribution >= 4 is 17.0 Å². The number of nitrogens with one attached hydrogen (secondary N) is 1. The highest BCUT2D eigenvalue weighted by molar-refractivity contribution is 5.76. The Labute approximate surface area is 127 Å². The molecule has 1 aliphatic rings. The predicted molar refractivity (Wildman–Crippen MR) is 83.4 cm³/mol. The van der Waals surface area contributed by atoms with E-state index in [2.05, 4.69) is 20.2 Å². The Morgan fingerprint density at radius 3 is 3.00 bits per heavy atom. The van der Waals surface area contributed by atoms with Crippen molar-refractivity contribution in [1.82, 2.24) is 19.4 Å². The van der Waals surface area contributed by atoms with Crippen molar-refractivity contribution in [2.75, 3.05) is 32.1 Å². The van der Waals surface area contributed by atoms with Crippen LogP contribution in [0.1, 0.15) is 6.42 Å². The van der Waals surface area contributed by atoms with Gasteiger partial charge < -0.3 is 15.1 Å². The lowest BCUT2D eigenvalue weighted by molar-refractivity contribution is -0.382. The van der Waals surface area contributed by atoms with E-state index in [1.165, 1.54) is 4.52 Å². The Kier molecular flexibility index (Phi) is 3.82. The van der Waals surface area contributed by atoms with Crippen molar-refractivity contribution in [3.8, 4) is 0 Å². The number of hydrogen-bond acceptors (Lipinski definition) is 6. The molecule has 2 aromatic heterocycles. The zero-order valence-corrected chi connectivity index (χ0v) is 12.3. The first-order valence-electron chi connectivity index (χ1n) is 7.13. The molecule has 0 aromatic carbocycles. The third-order valence-corrected chi connectivity index (χ3v) is 3.55. The van der Waals surface area contributed by atoms with Crippen LogP contribution in [0, 0.1) is 10.1 Å². The molecule has 0 fully saturated rings. The van der Waals surface area contributed by atoms with Crippen molar-refractivity contribution < 1.29 is 4.92 Å². The minimum atomic E-state index is -0.386. The molecule has 0 radical (unpaired) electrons. The number of aromatic nitrogens is 2. The molecule has 0 spiro atoms. The van der Waals surface area contributed by atoms with Crippen molar-refractivity contribution in [2.24, 2.45) is 0 Å². The van der Waals surface area contributed by atoms with Crippen LogP contribution in [0.5, 0.6) is 0 Å². The summed E-state index contributed by atoms with van der Waals surface area (Å²) in [6.45, 7) is 2.42. The first kappa shape index (κ1) is 14.2. The standard InChI is InChI=1S/C14H18N6O2/c1-17-9-10-18(11-17)7-4-6-15-14-13(20(21)22)12-5-2-3-8-19(12)16-14/h2-3,5,8-10H,4,6-7,11H2,1H3,(H,15,16). The molecule has 2 aromatic rings. The lowest BCUT2D eigenvalue weighted by Gasteiger charge is -2.17. The van der Waals surface area contributed by atoms with E-state index >= 15 is 0 Å². The van der Waals surface area contributed by atoms with E-state index in [1.54, 1.807) is 24.4 Å².